The molecule has 0 aromatic heterocycles. The van der Waals surface area contributed by atoms with Crippen molar-refractivity contribution < 1.29 is 18.8 Å². The maximum absolute atomic E-state index is 2.45. The normalized spacial score (nSPS) is 12.6. The van der Waals surface area contributed by atoms with Gasteiger partial charge in [-0.3, -0.25) is 0 Å². The monoisotopic (exact) mass is 316 g/mol. The molecule has 0 saturated carbocycles. The Kier molecular flexibility index (Phi) is 4.60. The second kappa shape index (κ2) is 4.09. The first-order valence-electron chi connectivity index (χ1n) is 3.46. The summed E-state index contributed by atoms with van der Waals surface area (Å²) < 4.78 is 0. The van der Waals surface area contributed by atoms with Crippen LogP contribution in [0.5, 0.6) is 0 Å². The van der Waals surface area contributed by atoms with E-state index in [0.29, 0.717) is 0 Å². The fraction of sp³-hybridized carbons (Fsp3) is 1.00. The average Bonchev–Trinajstić information content (AvgIpc) is 1.59. The van der Waals surface area contributed by atoms with E-state index in [1.807, 2.05) is 18.8 Å². The second-order valence-electron chi connectivity index (χ2n) is 3.48. The number of hydrogen-bond acceptors (Lipinski definition) is 0. The molecule has 0 rings (SSSR count). The van der Waals surface area contributed by atoms with Crippen LogP contribution in [0.2, 0.25) is 0 Å². The Morgan fingerprint density at radius 2 is 1.78 bits per heavy atom. The van der Waals surface area contributed by atoms with Crippen LogP contribution < -0.4 is 0 Å². The Morgan fingerprint density at radius 1 is 1.33 bits per heavy atom. The summed E-state index contributed by atoms with van der Waals surface area (Å²) in [6.07, 6.45) is 2.93. The first kappa shape index (κ1) is 10.1. The van der Waals surface area contributed by atoms with E-state index in [1.54, 1.807) is 0 Å². The summed E-state index contributed by atoms with van der Waals surface area (Å²) in [6, 6.07) is 0. The van der Waals surface area contributed by atoms with Crippen molar-refractivity contribution in [2.45, 2.75) is 20.3 Å². The van der Waals surface area contributed by atoms with Crippen LogP contribution in [0.25, 0.3) is 0 Å². The third kappa shape index (κ3) is 9.12. The molecule has 0 aromatic carbocycles. The van der Waals surface area contributed by atoms with Gasteiger partial charge in [-0.25, -0.2) is 0 Å². The Balaban J connectivity index is 3.40. The molecule has 0 nitrogen and oxygen atoms in total. The molecular formula is C7H17PW. The topological polar surface area (TPSA) is 0 Å². The van der Waals surface area contributed by atoms with Gasteiger partial charge >= 0.3 is 69.4 Å². The summed E-state index contributed by atoms with van der Waals surface area (Å²) in [4.78, 5) is -0.386. The van der Waals surface area contributed by atoms with Crippen LogP contribution in [-0.4, -0.2) is 19.5 Å². The van der Waals surface area contributed by atoms with Crippen molar-refractivity contribution in [3.8, 4) is 0 Å². The van der Waals surface area contributed by atoms with Crippen LogP contribution in [0.15, 0.2) is 0 Å². The van der Waals surface area contributed by atoms with Gasteiger partial charge in [0.1, 0.15) is 0 Å². The van der Waals surface area contributed by atoms with Crippen LogP contribution in [0.3, 0.4) is 0 Å². The Bertz CT molecular complexity index is 112. The third-order valence-corrected chi connectivity index (χ3v) is 4.55. The van der Waals surface area contributed by atoms with E-state index < -0.39 is 0 Å². The predicted octanol–water partition coefficient (Wildman–Crippen LogP) is 2.77. The van der Waals surface area contributed by atoms with Crippen LogP contribution >= 0.6 is 4.90 Å². The summed E-state index contributed by atoms with van der Waals surface area (Å²) in [7, 11) is 0. The molecule has 0 N–H and O–H groups in total. The van der Waals surface area contributed by atoms with Gasteiger partial charge in [0.15, 0.2) is 0 Å². The van der Waals surface area contributed by atoms with E-state index in [2.05, 4.69) is 27.2 Å². The molecule has 0 unspecified atom stereocenters. The van der Waals surface area contributed by atoms with Crippen LogP contribution in [0.1, 0.15) is 20.3 Å². The molecule has 0 amide bonds. The fourth-order valence-electron chi connectivity index (χ4n) is 0.569. The molecular weight excluding hydrogens is 299 g/mol. The zero-order valence-corrected chi connectivity index (χ0v) is 10.7. The molecule has 9 heavy (non-hydrogen) atoms. The van der Waals surface area contributed by atoms with Gasteiger partial charge in [0.2, 0.25) is 0 Å². The zero-order chi connectivity index (χ0) is 7.49. The van der Waals surface area contributed by atoms with E-state index in [0.717, 1.165) is 5.92 Å². The maximum atomic E-state index is 2.45. The second-order valence-corrected chi connectivity index (χ2v) is 17.7. The molecule has 0 fully saturated rings. The predicted molar refractivity (Wildman–Crippen MR) is 43.1 cm³/mol. The van der Waals surface area contributed by atoms with Gasteiger partial charge in [0.25, 0.3) is 0 Å². The fourth-order valence-corrected chi connectivity index (χ4v) is 2.84. The van der Waals surface area contributed by atoms with E-state index in [-0.39, 0.29) is 4.90 Å². The third-order valence-electron chi connectivity index (χ3n) is 1.24. The first-order chi connectivity index (χ1) is 3.92. The average molecular weight is 316 g/mol. The molecule has 0 spiro atoms. The first-order valence-corrected chi connectivity index (χ1v) is 10.2. The Morgan fingerprint density at radius 3 is 1.89 bits per heavy atom. The van der Waals surface area contributed by atoms with Crippen molar-refractivity contribution in [3.63, 3.8) is 0 Å². The van der Waals surface area contributed by atoms with Crippen molar-refractivity contribution in [1.29, 1.82) is 0 Å². The number of hydrogen-bond donors (Lipinski definition) is 0. The summed E-state index contributed by atoms with van der Waals surface area (Å²) in [5, 5.41) is 0. The van der Waals surface area contributed by atoms with E-state index in [9.17, 15) is 0 Å². The van der Waals surface area contributed by atoms with E-state index >= 15 is 0 Å². The molecule has 0 aliphatic heterocycles. The van der Waals surface area contributed by atoms with Gasteiger partial charge in [-0.05, 0) is 0 Å². The minimum atomic E-state index is -0.386. The summed E-state index contributed by atoms with van der Waals surface area (Å²) >= 11 is 1.83. The van der Waals surface area contributed by atoms with Crippen LogP contribution in [-0.2, 0) is 18.8 Å². The summed E-state index contributed by atoms with van der Waals surface area (Å²) in [5.41, 5.74) is 0. The summed E-state index contributed by atoms with van der Waals surface area (Å²) in [5.74, 6) is 0.906. The van der Waals surface area contributed by atoms with Gasteiger partial charge in [0, 0.05) is 0 Å². The molecule has 0 aliphatic rings. The van der Waals surface area contributed by atoms with Crippen molar-refractivity contribution in [2.75, 3.05) is 19.5 Å². The van der Waals surface area contributed by atoms with E-state index in [4.69, 9.17) is 0 Å². The molecule has 0 bridgehead atoms. The standard InChI is InChI=1S/C7H17P.W/c1-7(2)5-6-8(3)4;/h7H,5-6H2,1-4H3;. The van der Waals surface area contributed by atoms with Crippen LogP contribution in [0.4, 0.5) is 0 Å². The molecule has 0 aromatic rings. The van der Waals surface area contributed by atoms with Crippen molar-refractivity contribution >= 4 is 4.90 Å². The molecule has 0 saturated heterocycles. The molecule has 2 heteroatoms. The Hall–Kier alpha value is 1.12. The SMILES string of the molecule is CC(C)CC[P](C)(C)=[W]. The molecule has 0 aliphatic carbocycles. The summed E-state index contributed by atoms with van der Waals surface area (Å²) in [6.45, 7) is 9.52. The van der Waals surface area contributed by atoms with Gasteiger partial charge in [-0.2, -0.15) is 0 Å². The molecule has 56 valence electrons. The molecule has 0 heterocycles. The van der Waals surface area contributed by atoms with Crippen molar-refractivity contribution in [3.05, 3.63) is 0 Å². The molecule has 0 atom stereocenters. The van der Waals surface area contributed by atoms with E-state index in [1.165, 1.54) is 12.6 Å². The van der Waals surface area contributed by atoms with Gasteiger partial charge < -0.3 is 0 Å². The van der Waals surface area contributed by atoms with Crippen molar-refractivity contribution in [1.82, 2.24) is 0 Å². The Labute approximate surface area is 69.5 Å². The van der Waals surface area contributed by atoms with Crippen molar-refractivity contribution in [2.24, 2.45) is 5.92 Å². The number of rotatable bonds is 3. The van der Waals surface area contributed by atoms with Gasteiger partial charge in [0.05, 0.1) is 0 Å². The molecule has 0 radical (unpaired) electrons. The zero-order valence-electron chi connectivity index (χ0n) is 6.85. The minimum absolute atomic E-state index is 0.386. The van der Waals surface area contributed by atoms with Gasteiger partial charge in [-0.1, -0.05) is 0 Å². The van der Waals surface area contributed by atoms with Gasteiger partial charge in [-0.15, -0.1) is 0 Å². The quantitative estimate of drug-likeness (QED) is 0.703. The van der Waals surface area contributed by atoms with Crippen LogP contribution in [0, 0.1) is 5.92 Å².